The highest BCUT2D eigenvalue weighted by atomic mass is 32.2. The van der Waals surface area contributed by atoms with Gasteiger partial charge in [0.2, 0.25) is 0 Å². The van der Waals surface area contributed by atoms with Gasteiger partial charge < -0.3 is 9.67 Å². The van der Waals surface area contributed by atoms with Crippen LogP contribution in [0.2, 0.25) is 0 Å². The topological polar surface area (TPSA) is 45.5 Å². The molecule has 1 aliphatic heterocycles. The summed E-state index contributed by atoms with van der Waals surface area (Å²) in [6, 6.07) is 1.78. The Morgan fingerprint density at radius 2 is 2.06 bits per heavy atom. The van der Waals surface area contributed by atoms with Gasteiger partial charge in [-0.2, -0.15) is 0 Å². The van der Waals surface area contributed by atoms with E-state index in [1.54, 1.807) is 29.6 Å². The minimum Gasteiger partial charge on any atom is -0.477 e. The van der Waals surface area contributed by atoms with E-state index in [1.165, 1.54) is 12.8 Å². The van der Waals surface area contributed by atoms with Crippen LogP contribution >= 0.6 is 11.9 Å². The summed E-state index contributed by atoms with van der Waals surface area (Å²) in [6.07, 6.45) is 2.45. The van der Waals surface area contributed by atoms with Crippen molar-refractivity contribution in [3.05, 3.63) is 17.5 Å². The zero-order chi connectivity index (χ0) is 13.3. The van der Waals surface area contributed by atoms with Crippen molar-refractivity contribution in [1.82, 2.24) is 8.87 Å². The van der Waals surface area contributed by atoms with Crippen molar-refractivity contribution in [2.24, 2.45) is 13.0 Å². The van der Waals surface area contributed by atoms with Crippen LogP contribution in [0.1, 0.15) is 35.9 Å². The number of aromatic carboxylic acids is 1. The lowest BCUT2D eigenvalue weighted by Crippen LogP contribution is -2.27. The summed E-state index contributed by atoms with van der Waals surface area (Å²) >= 11 is 1.69. The molecule has 2 rings (SSSR count). The lowest BCUT2D eigenvalue weighted by Gasteiger charge is -2.28. The van der Waals surface area contributed by atoms with E-state index in [9.17, 15) is 4.79 Å². The highest BCUT2D eigenvalue weighted by Gasteiger charge is 2.20. The van der Waals surface area contributed by atoms with Crippen molar-refractivity contribution in [1.29, 1.82) is 0 Å². The van der Waals surface area contributed by atoms with Gasteiger partial charge in [-0.15, -0.1) is 0 Å². The molecule has 0 aromatic carbocycles. The quantitative estimate of drug-likeness (QED) is 0.856. The Bertz CT molecular complexity index is 448. The maximum Gasteiger partial charge on any atom is 0.352 e. The molecule has 1 aromatic heterocycles. The molecule has 1 aliphatic rings. The summed E-state index contributed by atoms with van der Waals surface area (Å²) in [5.74, 6) is -0.0481. The van der Waals surface area contributed by atoms with Crippen LogP contribution in [0.15, 0.2) is 11.0 Å². The number of nitrogens with zero attached hydrogens (tertiary/aromatic N) is 2. The molecule has 5 heteroatoms. The second kappa shape index (κ2) is 5.36. The molecule has 1 aromatic rings. The Kier molecular flexibility index (Phi) is 4.02. The van der Waals surface area contributed by atoms with Crippen LogP contribution in [0.3, 0.4) is 0 Å². The van der Waals surface area contributed by atoms with E-state index < -0.39 is 5.97 Å². The van der Waals surface area contributed by atoms with Crippen molar-refractivity contribution in [3.8, 4) is 0 Å². The van der Waals surface area contributed by atoms with E-state index in [2.05, 4.69) is 11.2 Å². The summed E-state index contributed by atoms with van der Waals surface area (Å²) in [5.41, 5.74) is 1.39. The van der Waals surface area contributed by atoms with Gasteiger partial charge in [-0.25, -0.2) is 9.10 Å². The molecule has 4 nitrogen and oxygen atoms in total. The zero-order valence-corrected chi connectivity index (χ0v) is 12.0. The van der Waals surface area contributed by atoms with Crippen LogP contribution in [-0.2, 0) is 7.05 Å². The van der Waals surface area contributed by atoms with Gasteiger partial charge in [-0.05, 0) is 43.7 Å². The Labute approximate surface area is 112 Å². The van der Waals surface area contributed by atoms with Gasteiger partial charge in [-0.1, -0.05) is 6.92 Å². The first-order valence-corrected chi connectivity index (χ1v) is 7.09. The van der Waals surface area contributed by atoms with Gasteiger partial charge in [0.15, 0.2) is 0 Å². The Morgan fingerprint density at radius 1 is 1.44 bits per heavy atom. The van der Waals surface area contributed by atoms with Gasteiger partial charge in [-0.3, -0.25) is 0 Å². The minimum absolute atomic E-state index is 0.361. The van der Waals surface area contributed by atoms with Crippen molar-refractivity contribution in [3.63, 3.8) is 0 Å². The number of piperidine rings is 1. The summed E-state index contributed by atoms with van der Waals surface area (Å²) in [4.78, 5) is 12.1. The number of aromatic nitrogens is 1. The van der Waals surface area contributed by atoms with Crippen LogP contribution < -0.4 is 0 Å². The summed E-state index contributed by atoms with van der Waals surface area (Å²) in [5, 5.41) is 9.10. The first-order chi connectivity index (χ1) is 8.49. The van der Waals surface area contributed by atoms with Crippen LogP contribution in [0.25, 0.3) is 0 Å². The molecule has 1 saturated heterocycles. The zero-order valence-electron chi connectivity index (χ0n) is 11.1. The molecule has 0 aliphatic carbocycles. The number of carboxylic acids is 1. The molecule has 0 amide bonds. The maximum absolute atomic E-state index is 11.1. The minimum atomic E-state index is -0.861. The van der Waals surface area contributed by atoms with Crippen LogP contribution in [0.5, 0.6) is 0 Å². The van der Waals surface area contributed by atoms with Crippen LogP contribution in [0, 0.1) is 12.8 Å². The van der Waals surface area contributed by atoms with Crippen LogP contribution in [-0.4, -0.2) is 33.0 Å². The second-order valence-electron chi connectivity index (χ2n) is 5.05. The van der Waals surface area contributed by atoms with E-state index in [0.29, 0.717) is 5.69 Å². The van der Waals surface area contributed by atoms with Crippen molar-refractivity contribution in [2.45, 2.75) is 31.6 Å². The molecular weight excluding hydrogens is 248 g/mol. The molecule has 0 spiro atoms. The molecule has 100 valence electrons. The van der Waals surface area contributed by atoms with Crippen molar-refractivity contribution < 1.29 is 9.90 Å². The predicted molar refractivity (Wildman–Crippen MR) is 72.9 cm³/mol. The first kappa shape index (κ1) is 13.5. The van der Waals surface area contributed by atoms with Crippen LogP contribution in [0.4, 0.5) is 0 Å². The predicted octanol–water partition coefficient (Wildman–Crippen LogP) is 2.77. The Hall–Kier alpha value is -0.940. The lowest BCUT2D eigenvalue weighted by molar-refractivity contribution is 0.0686. The third kappa shape index (κ3) is 2.72. The van der Waals surface area contributed by atoms with E-state index in [4.69, 9.17) is 5.11 Å². The third-order valence-corrected chi connectivity index (χ3v) is 4.91. The molecule has 0 radical (unpaired) electrons. The van der Waals surface area contributed by atoms with E-state index in [0.717, 1.165) is 29.6 Å². The van der Waals surface area contributed by atoms with E-state index in [-0.39, 0.29) is 0 Å². The number of rotatable bonds is 3. The highest BCUT2D eigenvalue weighted by Crippen LogP contribution is 2.31. The fourth-order valence-electron chi connectivity index (χ4n) is 2.18. The average molecular weight is 268 g/mol. The number of hydrogen-bond donors (Lipinski definition) is 1. The van der Waals surface area contributed by atoms with Crippen molar-refractivity contribution >= 4 is 17.9 Å². The molecule has 1 N–H and O–H groups in total. The maximum atomic E-state index is 11.1. The first-order valence-electron chi connectivity index (χ1n) is 6.31. The standard InChI is InChI=1S/C13H20N2O2S/c1-9-4-6-15(7-5-9)18-12-8-11(13(16)17)14(3)10(12)2/h8-9H,4-7H2,1-3H3,(H,16,17). The molecule has 18 heavy (non-hydrogen) atoms. The number of carbonyl (C=O) groups is 1. The highest BCUT2D eigenvalue weighted by molar-refractivity contribution is 7.97. The molecule has 2 heterocycles. The van der Waals surface area contributed by atoms with E-state index in [1.807, 2.05) is 6.92 Å². The second-order valence-corrected chi connectivity index (χ2v) is 6.19. The molecular formula is C13H20N2O2S. The Morgan fingerprint density at radius 3 is 2.56 bits per heavy atom. The van der Waals surface area contributed by atoms with Crippen molar-refractivity contribution in [2.75, 3.05) is 13.1 Å². The van der Waals surface area contributed by atoms with Gasteiger partial charge in [0.05, 0.1) is 0 Å². The van der Waals surface area contributed by atoms with E-state index >= 15 is 0 Å². The average Bonchev–Trinajstić information content (AvgIpc) is 2.60. The fourth-order valence-corrected chi connectivity index (χ4v) is 3.29. The molecule has 0 saturated carbocycles. The number of carboxylic acid groups (broad SMARTS) is 1. The fraction of sp³-hybridized carbons (Fsp3) is 0.615. The van der Waals surface area contributed by atoms with Gasteiger partial charge in [0, 0.05) is 30.7 Å². The SMILES string of the molecule is Cc1c(SN2CCC(C)CC2)cc(C(=O)O)n1C. The molecule has 0 atom stereocenters. The lowest BCUT2D eigenvalue weighted by atomic mass is 10.0. The third-order valence-electron chi connectivity index (χ3n) is 3.68. The van der Waals surface area contributed by atoms with Gasteiger partial charge in [0.1, 0.15) is 5.69 Å². The smallest absolute Gasteiger partial charge is 0.352 e. The monoisotopic (exact) mass is 268 g/mol. The normalized spacial score (nSPS) is 18.2. The summed E-state index contributed by atoms with van der Waals surface area (Å²) < 4.78 is 4.09. The van der Waals surface area contributed by atoms with Gasteiger partial charge >= 0.3 is 5.97 Å². The Balaban J connectivity index is 2.10. The largest absolute Gasteiger partial charge is 0.477 e. The molecule has 0 unspecified atom stereocenters. The molecule has 0 bridgehead atoms. The summed E-state index contributed by atoms with van der Waals surface area (Å²) in [6.45, 7) is 6.44. The molecule has 1 fully saturated rings. The van der Waals surface area contributed by atoms with Gasteiger partial charge in [0.25, 0.3) is 0 Å². The number of hydrogen-bond acceptors (Lipinski definition) is 3. The summed E-state index contributed by atoms with van der Waals surface area (Å²) in [7, 11) is 1.81.